The lowest BCUT2D eigenvalue weighted by molar-refractivity contribution is -0.145. The Hall–Kier alpha value is -0.730. The number of carbonyl (C=O) groups is 1. The van der Waals surface area contributed by atoms with E-state index in [4.69, 9.17) is 29.8 Å². The Bertz CT molecular complexity index is 260. The van der Waals surface area contributed by atoms with E-state index >= 15 is 0 Å². The summed E-state index contributed by atoms with van der Waals surface area (Å²) >= 11 is 0. The molecular weight excluding hydrogens is 278 g/mol. The second-order valence-electron chi connectivity index (χ2n) is 4.97. The minimum atomic E-state index is -1.36. The summed E-state index contributed by atoms with van der Waals surface area (Å²) in [5, 5.41) is 8.77. The van der Waals surface area contributed by atoms with E-state index in [1.165, 1.54) is 6.92 Å². The lowest BCUT2D eigenvalue weighted by atomic mass is 10.1. The van der Waals surface area contributed by atoms with Gasteiger partial charge in [-0.05, 0) is 13.3 Å². The number of ether oxygens (including phenoxy) is 4. The van der Waals surface area contributed by atoms with Crippen LogP contribution >= 0.6 is 0 Å². The first kappa shape index (κ1) is 20.3. The smallest absolute Gasteiger partial charge is 0.325 e. The Labute approximate surface area is 126 Å². The number of rotatable bonds is 15. The summed E-state index contributed by atoms with van der Waals surface area (Å²) in [5.74, 6) is -1.09. The lowest BCUT2D eigenvalue weighted by Crippen LogP contribution is -2.49. The SMILES string of the molecule is CCCCOCCOCCOCCOCC(C)(N)C(=O)O. The van der Waals surface area contributed by atoms with Gasteiger partial charge >= 0.3 is 5.97 Å². The molecule has 0 heterocycles. The van der Waals surface area contributed by atoms with Gasteiger partial charge in [-0.2, -0.15) is 0 Å². The highest BCUT2D eigenvalue weighted by molar-refractivity contribution is 5.77. The molecule has 1 unspecified atom stereocenters. The van der Waals surface area contributed by atoms with E-state index in [1.54, 1.807) is 0 Å². The molecule has 0 fully saturated rings. The topological polar surface area (TPSA) is 100 Å². The molecule has 0 saturated heterocycles. The first-order valence-corrected chi connectivity index (χ1v) is 7.34. The molecule has 0 aliphatic heterocycles. The van der Waals surface area contributed by atoms with E-state index in [9.17, 15) is 4.79 Å². The van der Waals surface area contributed by atoms with Gasteiger partial charge in [-0.15, -0.1) is 0 Å². The van der Waals surface area contributed by atoms with Crippen LogP contribution in [0.1, 0.15) is 26.7 Å². The summed E-state index contributed by atoms with van der Waals surface area (Å²) in [6, 6.07) is 0. The molecule has 0 bridgehead atoms. The van der Waals surface area contributed by atoms with Gasteiger partial charge in [-0.3, -0.25) is 4.79 Å². The number of hydrogen-bond donors (Lipinski definition) is 2. The van der Waals surface area contributed by atoms with Gasteiger partial charge in [0.15, 0.2) is 0 Å². The van der Waals surface area contributed by atoms with Crippen LogP contribution in [0.4, 0.5) is 0 Å². The molecule has 21 heavy (non-hydrogen) atoms. The second kappa shape index (κ2) is 13.0. The van der Waals surface area contributed by atoms with Crippen molar-refractivity contribution in [3.05, 3.63) is 0 Å². The van der Waals surface area contributed by atoms with E-state index in [0.29, 0.717) is 39.6 Å². The third-order valence-electron chi connectivity index (χ3n) is 2.65. The van der Waals surface area contributed by atoms with E-state index in [1.807, 2.05) is 0 Å². The molecule has 3 N–H and O–H groups in total. The molecule has 0 aliphatic rings. The van der Waals surface area contributed by atoms with Gasteiger partial charge in [0.2, 0.25) is 0 Å². The molecule has 0 amide bonds. The largest absolute Gasteiger partial charge is 0.480 e. The average molecular weight is 307 g/mol. The normalized spacial score (nSPS) is 14.0. The maximum atomic E-state index is 10.7. The first-order valence-electron chi connectivity index (χ1n) is 7.34. The van der Waals surface area contributed by atoms with Crippen molar-refractivity contribution in [2.24, 2.45) is 5.73 Å². The van der Waals surface area contributed by atoms with Crippen LogP contribution in [0.2, 0.25) is 0 Å². The number of unbranched alkanes of at least 4 members (excludes halogenated alkanes) is 1. The van der Waals surface area contributed by atoms with Crippen molar-refractivity contribution in [1.82, 2.24) is 0 Å². The van der Waals surface area contributed by atoms with E-state index < -0.39 is 11.5 Å². The molecule has 0 saturated carbocycles. The summed E-state index contributed by atoms with van der Waals surface area (Å²) < 4.78 is 21.1. The molecule has 0 aromatic carbocycles. The van der Waals surface area contributed by atoms with E-state index in [2.05, 4.69) is 6.92 Å². The highest BCUT2D eigenvalue weighted by Crippen LogP contribution is 1.99. The standard InChI is InChI=1S/C14H29NO6/c1-3-4-5-18-6-7-19-8-9-20-10-11-21-12-14(2,15)13(16)17/h3-12,15H2,1-2H3,(H,16,17). The lowest BCUT2D eigenvalue weighted by Gasteiger charge is -2.18. The van der Waals surface area contributed by atoms with Crippen molar-refractivity contribution in [2.75, 3.05) is 52.9 Å². The van der Waals surface area contributed by atoms with Crippen LogP contribution in [0, 0.1) is 0 Å². The molecule has 0 rings (SSSR count). The van der Waals surface area contributed by atoms with Gasteiger partial charge in [0.05, 0.1) is 46.2 Å². The van der Waals surface area contributed by atoms with Crippen molar-refractivity contribution >= 4 is 5.97 Å². The maximum absolute atomic E-state index is 10.7. The zero-order valence-corrected chi connectivity index (χ0v) is 13.1. The fourth-order valence-electron chi connectivity index (χ4n) is 1.25. The predicted octanol–water partition coefficient (Wildman–Crippen LogP) is 0.655. The maximum Gasteiger partial charge on any atom is 0.325 e. The summed E-state index contributed by atoms with van der Waals surface area (Å²) in [5.41, 5.74) is 4.14. The molecule has 7 heteroatoms. The third-order valence-corrected chi connectivity index (χ3v) is 2.65. The van der Waals surface area contributed by atoms with Gasteiger partial charge in [-0.25, -0.2) is 0 Å². The highest BCUT2D eigenvalue weighted by Gasteiger charge is 2.27. The van der Waals surface area contributed by atoms with Crippen LogP contribution in [-0.4, -0.2) is 69.5 Å². The Morgan fingerprint density at radius 2 is 1.38 bits per heavy atom. The molecular formula is C14H29NO6. The van der Waals surface area contributed by atoms with Gasteiger partial charge in [0, 0.05) is 6.61 Å². The summed E-state index contributed by atoms with van der Waals surface area (Å²) in [6.45, 7) is 7.09. The predicted molar refractivity (Wildman–Crippen MR) is 78.4 cm³/mol. The minimum absolute atomic E-state index is 0.0444. The third kappa shape index (κ3) is 12.7. The highest BCUT2D eigenvalue weighted by atomic mass is 16.6. The summed E-state index contributed by atoms with van der Waals surface area (Å²) in [4.78, 5) is 10.7. The van der Waals surface area contributed by atoms with Gasteiger partial charge in [0.1, 0.15) is 5.54 Å². The van der Waals surface area contributed by atoms with Crippen molar-refractivity contribution in [1.29, 1.82) is 0 Å². The van der Waals surface area contributed by atoms with Crippen LogP contribution in [-0.2, 0) is 23.7 Å². The Kier molecular flexibility index (Phi) is 12.5. The van der Waals surface area contributed by atoms with Crippen molar-refractivity contribution in [3.63, 3.8) is 0 Å². The van der Waals surface area contributed by atoms with Gasteiger partial charge < -0.3 is 29.8 Å². The van der Waals surface area contributed by atoms with Crippen molar-refractivity contribution in [3.8, 4) is 0 Å². The molecule has 0 aromatic rings. The fraction of sp³-hybridized carbons (Fsp3) is 0.929. The molecule has 7 nitrogen and oxygen atoms in total. The molecule has 0 radical (unpaired) electrons. The number of carboxylic acid groups (broad SMARTS) is 1. The van der Waals surface area contributed by atoms with Crippen molar-refractivity contribution < 1.29 is 28.8 Å². The fourth-order valence-corrected chi connectivity index (χ4v) is 1.25. The first-order chi connectivity index (χ1) is 10.0. The number of aliphatic carboxylic acids is 1. The molecule has 126 valence electrons. The number of hydrogen-bond acceptors (Lipinski definition) is 6. The quantitative estimate of drug-likeness (QED) is 0.428. The van der Waals surface area contributed by atoms with Crippen LogP contribution in [0.15, 0.2) is 0 Å². The van der Waals surface area contributed by atoms with Crippen LogP contribution < -0.4 is 5.73 Å². The van der Waals surface area contributed by atoms with Gasteiger partial charge in [0.25, 0.3) is 0 Å². The average Bonchev–Trinajstić information content (AvgIpc) is 2.43. The monoisotopic (exact) mass is 307 g/mol. The molecule has 0 spiro atoms. The summed E-state index contributed by atoms with van der Waals surface area (Å²) in [6.07, 6.45) is 2.21. The van der Waals surface area contributed by atoms with Crippen molar-refractivity contribution in [2.45, 2.75) is 32.2 Å². The minimum Gasteiger partial charge on any atom is -0.480 e. The Morgan fingerprint density at radius 3 is 1.81 bits per heavy atom. The van der Waals surface area contributed by atoms with Crippen LogP contribution in [0.5, 0.6) is 0 Å². The number of nitrogens with two attached hydrogens (primary N) is 1. The van der Waals surface area contributed by atoms with Crippen LogP contribution in [0.3, 0.4) is 0 Å². The second-order valence-corrected chi connectivity index (χ2v) is 4.97. The zero-order chi connectivity index (χ0) is 16.0. The van der Waals surface area contributed by atoms with Gasteiger partial charge in [-0.1, -0.05) is 13.3 Å². The molecule has 1 atom stereocenters. The number of carboxylic acids is 1. The zero-order valence-electron chi connectivity index (χ0n) is 13.1. The Balaban J connectivity index is 3.18. The Morgan fingerprint density at radius 1 is 0.952 bits per heavy atom. The molecule has 0 aromatic heterocycles. The molecule has 0 aliphatic carbocycles. The van der Waals surface area contributed by atoms with E-state index in [-0.39, 0.29) is 6.61 Å². The summed E-state index contributed by atoms with van der Waals surface area (Å²) in [7, 11) is 0. The van der Waals surface area contributed by atoms with E-state index in [0.717, 1.165) is 19.4 Å². The van der Waals surface area contributed by atoms with Crippen LogP contribution in [0.25, 0.3) is 0 Å².